The van der Waals surface area contributed by atoms with Crippen LogP contribution in [-0.2, 0) is 4.79 Å². The Morgan fingerprint density at radius 2 is 2.00 bits per heavy atom. The molecule has 124 valence electrons. The largest absolute Gasteiger partial charge is 0.481 e. The summed E-state index contributed by atoms with van der Waals surface area (Å²) in [5.41, 5.74) is 1.44. The fraction of sp³-hybridized carbons (Fsp3) is 0.765. The maximum absolute atomic E-state index is 12.3. The zero-order chi connectivity index (χ0) is 16.2. The maximum atomic E-state index is 12.3. The third-order valence-electron chi connectivity index (χ3n) is 4.97. The van der Waals surface area contributed by atoms with Gasteiger partial charge in [0.1, 0.15) is 0 Å². The number of piperidine rings is 1. The van der Waals surface area contributed by atoms with Crippen molar-refractivity contribution >= 4 is 12.0 Å². The van der Waals surface area contributed by atoms with Crippen LogP contribution in [0.2, 0.25) is 0 Å². The second-order valence-corrected chi connectivity index (χ2v) is 7.12. The van der Waals surface area contributed by atoms with Crippen molar-refractivity contribution in [1.29, 1.82) is 0 Å². The van der Waals surface area contributed by atoms with E-state index < -0.39 is 5.97 Å². The highest BCUT2D eigenvalue weighted by Gasteiger charge is 2.29. The Labute approximate surface area is 132 Å². The second-order valence-electron chi connectivity index (χ2n) is 7.12. The molecule has 2 N–H and O–H groups in total. The van der Waals surface area contributed by atoms with Gasteiger partial charge in [0.15, 0.2) is 0 Å². The minimum atomic E-state index is -0.745. The van der Waals surface area contributed by atoms with Crippen LogP contribution in [0.1, 0.15) is 52.4 Å². The van der Waals surface area contributed by atoms with Gasteiger partial charge in [0.05, 0.1) is 5.92 Å². The van der Waals surface area contributed by atoms with E-state index >= 15 is 0 Å². The molecule has 5 nitrogen and oxygen atoms in total. The summed E-state index contributed by atoms with van der Waals surface area (Å²) in [6.45, 7) is 6.07. The number of carbonyl (C=O) groups excluding carboxylic acids is 1. The zero-order valence-corrected chi connectivity index (χ0v) is 13.7. The predicted molar refractivity (Wildman–Crippen MR) is 85.7 cm³/mol. The summed E-state index contributed by atoms with van der Waals surface area (Å²) in [6, 6.07) is -0.0617. The standard InChI is InChI=1S/C17H28N2O3/c1-17(2,14-6-4-3-5-7-14)12-18-16(22)19-10-8-13(9-11-19)15(20)21/h6,13H,3-5,7-12H2,1-2H3,(H,18,22)(H,20,21). The van der Waals surface area contributed by atoms with Crippen molar-refractivity contribution in [3.05, 3.63) is 11.6 Å². The van der Waals surface area contributed by atoms with Crippen LogP contribution in [0, 0.1) is 11.3 Å². The van der Waals surface area contributed by atoms with Crippen LogP contribution < -0.4 is 5.32 Å². The molecule has 1 fully saturated rings. The molecule has 1 aliphatic carbocycles. The van der Waals surface area contributed by atoms with Gasteiger partial charge in [-0.2, -0.15) is 0 Å². The van der Waals surface area contributed by atoms with Crippen LogP contribution in [0.25, 0.3) is 0 Å². The summed E-state index contributed by atoms with van der Waals surface area (Å²) in [5.74, 6) is -1.04. The molecule has 1 heterocycles. The molecule has 0 aromatic rings. The topological polar surface area (TPSA) is 69.6 Å². The fourth-order valence-corrected chi connectivity index (χ4v) is 3.30. The normalized spacial score (nSPS) is 20.5. The smallest absolute Gasteiger partial charge is 0.317 e. The second kappa shape index (κ2) is 7.16. The van der Waals surface area contributed by atoms with Gasteiger partial charge in [0.2, 0.25) is 0 Å². The lowest BCUT2D eigenvalue weighted by Crippen LogP contribution is -2.47. The number of carboxylic acids is 1. The summed E-state index contributed by atoms with van der Waals surface area (Å²) < 4.78 is 0. The average Bonchev–Trinajstić information content (AvgIpc) is 2.53. The molecule has 1 aliphatic heterocycles. The van der Waals surface area contributed by atoms with Crippen molar-refractivity contribution in [2.45, 2.75) is 52.4 Å². The quantitative estimate of drug-likeness (QED) is 0.784. The van der Waals surface area contributed by atoms with Crippen LogP contribution in [0.5, 0.6) is 0 Å². The number of hydrogen-bond acceptors (Lipinski definition) is 2. The molecule has 0 radical (unpaired) electrons. The van der Waals surface area contributed by atoms with Crippen molar-refractivity contribution in [1.82, 2.24) is 10.2 Å². The Morgan fingerprint density at radius 1 is 1.32 bits per heavy atom. The van der Waals surface area contributed by atoms with E-state index in [0.717, 1.165) is 12.8 Å². The molecule has 0 saturated carbocycles. The first-order chi connectivity index (χ1) is 10.4. The van der Waals surface area contributed by atoms with Gasteiger partial charge in [-0.15, -0.1) is 0 Å². The van der Waals surface area contributed by atoms with E-state index in [1.165, 1.54) is 18.4 Å². The van der Waals surface area contributed by atoms with E-state index in [4.69, 9.17) is 5.11 Å². The van der Waals surface area contributed by atoms with Crippen molar-refractivity contribution in [2.24, 2.45) is 11.3 Å². The number of rotatable bonds is 4. The van der Waals surface area contributed by atoms with Crippen LogP contribution in [0.3, 0.4) is 0 Å². The average molecular weight is 308 g/mol. The molecule has 0 atom stereocenters. The Morgan fingerprint density at radius 3 is 2.55 bits per heavy atom. The number of hydrogen-bond donors (Lipinski definition) is 2. The number of nitrogens with one attached hydrogen (secondary N) is 1. The predicted octanol–water partition coefficient (Wildman–Crippen LogP) is 3.02. The minimum Gasteiger partial charge on any atom is -0.481 e. The van der Waals surface area contributed by atoms with Crippen molar-refractivity contribution in [2.75, 3.05) is 19.6 Å². The number of nitrogens with zero attached hydrogens (tertiary/aromatic N) is 1. The van der Waals surface area contributed by atoms with Gasteiger partial charge in [-0.25, -0.2) is 4.79 Å². The molecule has 0 unspecified atom stereocenters. The van der Waals surface area contributed by atoms with Gasteiger partial charge in [-0.1, -0.05) is 25.5 Å². The minimum absolute atomic E-state index is 0.00450. The number of urea groups is 1. The molecular formula is C17H28N2O3. The summed E-state index contributed by atoms with van der Waals surface area (Å²) >= 11 is 0. The lowest BCUT2D eigenvalue weighted by Gasteiger charge is -2.34. The number of carboxylic acid groups (broad SMARTS) is 1. The van der Waals surface area contributed by atoms with Crippen LogP contribution in [0.4, 0.5) is 4.79 Å². The molecule has 1 saturated heterocycles. The number of aliphatic carboxylic acids is 1. The lowest BCUT2D eigenvalue weighted by molar-refractivity contribution is -0.143. The molecule has 5 heteroatoms. The van der Waals surface area contributed by atoms with E-state index in [2.05, 4.69) is 25.2 Å². The number of allylic oxidation sites excluding steroid dienone is 1. The van der Waals surface area contributed by atoms with Crippen LogP contribution in [-0.4, -0.2) is 41.6 Å². The van der Waals surface area contributed by atoms with Gasteiger partial charge in [0, 0.05) is 25.0 Å². The van der Waals surface area contributed by atoms with Crippen LogP contribution in [0.15, 0.2) is 11.6 Å². The highest BCUT2D eigenvalue weighted by molar-refractivity contribution is 5.75. The van der Waals surface area contributed by atoms with Gasteiger partial charge >= 0.3 is 12.0 Å². The fourth-order valence-electron chi connectivity index (χ4n) is 3.30. The molecule has 2 rings (SSSR count). The lowest BCUT2D eigenvalue weighted by atomic mass is 9.78. The monoisotopic (exact) mass is 308 g/mol. The molecular weight excluding hydrogens is 280 g/mol. The van der Waals surface area contributed by atoms with E-state index in [-0.39, 0.29) is 17.4 Å². The third kappa shape index (κ3) is 4.24. The molecule has 2 aliphatic rings. The van der Waals surface area contributed by atoms with E-state index in [1.54, 1.807) is 4.90 Å². The van der Waals surface area contributed by atoms with Crippen molar-refractivity contribution < 1.29 is 14.7 Å². The Hall–Kier alpha value is -1.52. The SMILES string of the molecule is CC(C)(CNC(=O)N1CCC(C(=O)O)CC1)C1=CCCCC1. The highest BCUT2D eigenvalue weighted by atomic mass is 16.4. The van der Waals surface area contributed by atoms with E-state index in [0.29, 0.717) is 32.5 Å². The summed E-state index contributed by atoms with van der Waals surface area (Å²) in [6.07, 6.45) is 8.22. The van der Waals surface area contributed by atoms with Crippen LogP contribution >= 0.6 is 0 Å². The van der Waals surface area contributed by atoms with Gasteiger partial charge in [-0.05, 0) is 38.5 Å². The highest BCUT2D eigenvalue weighted by Crippen LogP contribution is 2.33. The summed E-state index contributed by atoms with van der Waals surface area (Å²) in [4.78, 5) is 24.9. The number of carbonyl (C=O) groups is 2. The Bertz CT molecular complexity index is 449. The van der Waals surface area contributed by atoms with Gasteiger partial charge < -0.3 is 15.3 Å². The molecule has 22 heavy (non-hydrogen) atoms. The number of likely N-dealkylation sites (tertiary alicyclic amines) is 1. The third-order valence-corrected chi connectivity index (χ3v) is 4.97. The zero-order valence-electron chi connectivity index (χ0n) is 13.7. The first-order valence-electron chi connectivity index (χ1n) is 8.35. The Kier molecular flexibility index (Phi) is 5.48. The van der Waals surface area contributed by atoms with Crippen molar-refractivity contribution in [3.63, 3.8) is 0 Å². The first-order valence-corrected chi connectivity index (χ1v) is 8.35. The molecule has 0 bridgehead atoms. The molecule has 0 aromatic heterocycles. The van der Waals surface area contributed by atoms with E-state index in [1.807, 2.05) is 0 Å². The van der Waals surface area contributed by atoms with Gasteiger partial charge in [0.25, 0.3) is 0 Å². The summed E-state index contributed by atoms with van der Waals surface area (Å²) in [5, 5.41) is 12.0. The number of amides is 2. The Balaban J connectivity index is 1.80. The molecule has 0 spiro atoms. The molecule has 2 amide bonds. The van der Waals surface area contributed by atoms with Crippen molar-refractivity contribution in [3.8, 4) is 0 Å². The maximum Gasteiger partial charge on any atom is 0.317 e. The molecule has 0 aromatic carbocycles. The summed E-state index contributed by atoms with van der Waals surface area (Å²) in [7, 11) is 0. The first kappa shape index (κ1) is 16.8. The van der Waals surface area contributed by atoms with E-state index in [9.17, 15) is 9.59 Å². The van der Waals surface area contributed by atoms with Gasteiger partial charge in [-0.3, -0.25) is 4.79 Å².